The molecule has 1 heterocycles. The molecular weight excluding hydrogens is 410 g/mol. The van der Waals surface area contributed by atoms with Crippen molar-refractivity contribution in [3.8, 4) is 5.75 Å². The lowest BCUT2D eigenvalue weighted by Crippen LogP contribution is -2.48. The van der Waals surface area contributed by atoms with E-state index in [-0.39, 0.29) is 10.5 Å². The molecule has 3 rings (SSSR count). The molecule has 0 spiro atoms. The highest BCUT2D eigenvalue weighted by Gasteiger charge is 2.25. The van der Waals surface area contributed by atoms with E-state index in [0.717, 1.165) is 36.2 Å². The number of carbonyl (C=O) groups is 1. The number of rotatable bonds is 6. The lowest BCUT2D eigenvalue weighted by Gasteiger charge is -2.34. The van der Waals surface area contributed by atoms with E-state index in [1.54, 1.807) is 12.0 Å². The second-order valence-corrected chi connectivity index (χ2v) is 9.18. The van der Waals surface area contributed by atoms with Crippen LogP contribution in [0.2, 0.25) is 0 Å². The van der Waals surface area contributed by atoms with Crippen LogP contribution in [-0.2, 0) is 16.4 Å². The summed E-state index contributed by atoms with van der Waals surface area (Å²) in [7, 11) is -2.07. The van der Waals surface area contributed by atoms with Gasteiger partial charge in [-0.25, -0.2) is 8.42 Å². The van der Waals surface area contributed by atoms with Crippen LogP contribution in [0.3, 0.4) is 0 Å². The molecule has 0 bridgehead atoms. The zero-order valence-corrected chi connectivity index (χ0v) is 17.6. The molecular formula is C20H23N3O6S. The Balaban J connectivity index is 1.68. The van der Waals surface area contributed by atoms with E-state index < -0.39 is 26.4 Å². The fourth-order valence-corrected chi connectivity index (χ4v) is 3.98. The van der Waals surface area contributed by atoms with Crippen molar-refractivity contribution in [2.24, 2.45) is 0 Å². The van der Waals surface area contributed by atoms with Crippen molar-refractivity contribution in [3.05, 3.63) is 63.7 Å². The van der Waals surface area contributed by atoms with Crippen molar-refractivity contribution in [1.82, 2.24) is 9.80 Å². The Morgan fingerprint density at radius 2 is 1.73 bits per heavy atom. The van der Waals surface area contributed by atoms with Crippen molar-refractivity contribution in [3.63, 3.8) is 0 Å². The molecule has 9 nitrogen and oxygen atoms in total. The number of nitrogens with zero attached hydrogens (tertiary/aromatic N) is 3. The molecule has 2 aromatic rings. The van der Waals surface area contributed by atoms with Gasteiger partial charge in [0.1, 0.15) is 5.75 Å². The Kier molecular flexibility index (Phi) is 6.37. The van der Waals surface area contributed by atoms with E-state index in [0.29, 0.717) is 26.2 Å². The number of amides is 1. The molecule has 0 aromatic heterocycles. The number of nitro benzene ring substituents is 1. The van der Waals surface area contributed by atoms with Crippen LogP contribution < -0.4 is 4.74 Å². The number of non-ortho nitro benzene ring substituents is 1. The third-order valence-corrected chi connectivity index (χ3v) is 6.09. The summed E-state index contributed by atoms with van der Waals surface area (Å²) in [5.74, 6) is 0.382. The van der Waals surface area contributed by atoms with Crippen molar-refractivity contribution in [2.75, 3.05) is 39.5 Å². The maximum atomic E-state index is 12.9. The number of sulfone groups is 1. The molecule has 10 heteroatoms. The summed E-state index contributed by atoms with van der Waals surface area (Å²) in [6.07, 6.45) is 0.957. The second-order valence-electron chi connectivity index (χ2n) is 7.16. The number of methoxy groups -OCH3 is 1. The fourth-order valence-electron chi connectivity index (χ4n) is 3.31. The Labute approximate surface area is 174 Å². The highest BCUT2D eigenvalue weighted by Crippen LogP contribution is 2.23. The minimum absolute atomic E-state index is 0.00762. The monoisotopic (exact) mass is 433 g/mol. The standard InChI is InChI=1S/C20H23N3O6S/c1-29-18-5-3-15(4-6-18)14-21-7-9-22(10-8-21)20(24)16-11-17(23(25)26)13-19(12-16)30(2,27)28/h3-6,11-13H,7-10,14H2,1-2H3. The van der Waals surface area contributed by atoms with Crippen molar-refractivity contribution in [1.29, 1.82) is 0 Å². The van der Waals surface area contributed by atoms with Gasteiger partial charge in [0.25, 0.3) is 11.6 Å². The Morgan fingerprint density at radius 1 is 1.10 bits per heavy atom. The number of ether oxygens (including phenoxy) is 1. The molecule has 1 aliphatic rings. The minimum Gasteiger partial charge on any atom is -0.497 e. The van der Waals surface area contributed by atoms with Gasteiger partial charge < -0.3 is 9.64 Å². The first kappa shape index (κ1) is 21.7. The molecule has 0 unspecified atom stereocenters. The van der Waals surface area contributed by atoms with E-state index in [2.05, 4.69) is 4.90 Å². The van der Waals surface area contributed by atoms with Crippen LogP contribution >= 0.6 is 0 Å². The normalized spacial score (nSPS) is 15.1. The summed E-state index contributed by atoms with van der Waals surface area (Å²) in [4.78, 5) is 26.9. The second kappa shape index (κ2) is 8.80. The van der Waals surface area contributed by atoms with Crippen molar-refractivity contribution in [2.45, 2.75) is 11.4 Å². The third kappa shape index (κ3) is 5.14. The Bertz CT molecular complexity index is 1040. The van der Waals surface area contributed by atoms with Crippen molar-refractivity contribution >= 4 is 21.4 Å². The molecule has 1 amide bonds. The van der Waals surface area contributed by atoms with E-state index >= 15 is 0 Å². The summed E-state index contributed by atoms with van der Waals surface area (Å²) in [6, 6.07) is 11.1. The predicted octanol–water partition coefficient (Wildman–Crippen LogP) is 1.96. The van der Waals surface area contributed by atoms with Crippen LogP contribution in [0, 0.1) is 10.1 Å². The average Bonchev–Trinajstić information content (AvgIpc) is 2.73. The average molecular weight is 433 g/mol. The lowest BCUT2D eigenvalue weighted by atomic mass is 10.1. The molecule has 160 valence electrons. The summed E-state index contributed by atoms with van der Waals surface area (Å²) in [5, 5.41) is 11.2. The number of nitro groups is 1. The number of carbonyl (C=O) groups excluding carboxylic acids is 1. The zero-order chi connectivity index (χ0) is 21.9. The SMILES string of the molecule is COc1ccc(CN2CCN(C(=O)c3cc([N+](=O)[O-])cc(S(C)(=O)=O)c3)CC2)cc1. The summed E-state index contributed by atoms with van der Waals surface area (Å²) in [6.45, 7) is 2.93. The summed E-state index contributed by atoms with van der Waals surface area (Å²) in [5.41, 5.74) is 0.722. The van der Waals surface area contributed by atoms with Gasteiger partial charge in [-0.3, -0.25) is 19.8 Å². The van der Waals surface area contributed by atoms with Gasteiger partial charge in [0.15, 0.2) is 9.84 Å². The molecule has 0 aliphatic carbocycles. The van der Waals surface area contributed by atoms with Gasteiger partial charge in [-0.1, -0.05) is 12.1 Å². The van der Waals surface area contributed by atoms with Gasteiger partial charge in [-0.15, -0.1) is 0 Å². The topological polar surface area (TPSA) is 110 Å². The highest BCUT2D eigenvalue weighted by atomic mass is 32.2. The number of piperazine rings is 1. The Hall–Kier alpha value is -2.98. The third-order valence-electron chi connectivity index (χ3n) is 5.00. The van der Waals surface area contributed by atoms with E-state index in [1.165, 1.54) is 6.07 Å². The minimum atomic E-state index is -3.69. The molecule has 1 fully saturated rings. The maximum absolute atomic E-state index is 12.9. The van der Waals surface area contributed by atoms with E-state index in [9.17, 15) is 23.3 Å². The van der Waals surface area contributed by atoms with Crippen LogP contribution in [0.5, 0.6) is 5.75 Å². The molecule has 0 saturated carbocycles. The van der Waals surface area contributed by atoms with Gasteiger partial charge in [0.2, 0.25) is 0 Å². The Morgan fingerprint density at radius 3 is 2.27 bits per heavy atom. The first-order valence-corrected chi connectivity index (χ1v) is 11.2. The quantitative estimate of drug-likeness (QED) is 0.506. The summed E-state index contributed by atoms with van der Waals surface area (Å²) >= 11 is 0. The molecule has 30 heavy (non-hydrogen) atoms. The molecule has 1 aliphatic heterocycles. The maximum Gasteiger partial charge on any atom is 0.271 e. The van der Waals surface area contributed by atoms with Crippen LogP contribution in [-0.4, -0.2) is 68.6 Å². The fraction of sp³-hybridized carbons (Fsp3) is 0.350. The predicted molar refractivity (Wildman–Crippen MR) is 110 cm³/mol. The first-order chi connectivity index (χ1) is 14.2. The number of hydrogen-bond acceptors (Lipinski definition) is 7. The van der Waals surface area contributed by atoms with Crippen LogP contribution in [0.25, 0.3) is 0 Å². The number of hydrogen-bond donors (Lipinski definition) is 0. The van der Waals surface area contributed by atoms with Crippen LogP contribution in [0.1, 0.15) is 15.9 Å². The smallest absolute Gasteiger partial charge is 0.271 e. The first-order valence-electron chi connectivity index (χ1n) is 9.31. The van der Waals surface area contributed by atoms with Gasteiger partial charge in [-0.2, -0.15) is 0 Å². The summed E-state index contributed by atoms with van der Waals surface area (Å²) < 4.78 is 28.9. The lowest BCUT2D eigenvalue weighted by molar-refractivity contribution is -0.385. The molecule has 1 saturated heterocycles. The molecule has 0 atom stereocenters. The van der Waals surface area contributed by atoms with Crippen LogP contribution in [0.15, 0.2) is 47.4 Å². The van der Waals surface area contributed by atoms with Gasteiger partial charge in [-0.05, 0) is 23.8 Å². The van der Waals surface area contributed by atoms with E-state index in [1.807, 2.05) is 24.3 Å². The number of benzene rings is 2. The largest absolute Gasteiger partial charge is 0.497 e. The van der Waals surface area contributed by atoms with E-state index in [4.69, 9.17) is 4.74 Å². The van der Waals surface area contributed by atoms with Gasteiger partial charge in [0, 0.05) is 56.7 Å². The van der Waals surface area contributed by atoms with Crippen LogP contribution in [0.4, 0.5) is 5.69 Å². The molecule has 0 radical (unpaired) electrons. The zero-order valence-electron chi connectivity index (χ0n) is 16.8. The molecule has 2 aromatic carbocycles. The highest BCUT2D eigenvalue weighted by molar-refractivity contribution is 7.90. The van der Waals surface area contributed by atoms with Gasteiger partial charge >= 0.3 is 0 Å². The molecule has 0 N–H and O–H groups in total. The van der Waals surface area contributed by atoms with Gasteiger partial charge in [0.05, 0.1) is 16.9 Å². The van der Waals surface area contributed by atoms with Crippen molar-refractivity contribution < 1.29 is 22.9 Å².